The summed E-state index contributed by atoms with van der Waals surface area (Å²) in [6.45, 7) is 26.8. The van der Waals surface area contributed by atoms with Gasteiger partial charge in [0.2, 0.25) is 0 Å². The van der Waals surface area contributed by atoms with E-state index in [-0.39, 0.29) is 43.9 Å². The number of unbranched alkanes of at least 4 members (excludes halogenated alkanes) is 8. The van der Waals surface area contributed by atoms with Crippen LogP contribution in [0.2, 0.25) is 0 Å². The van der Waals surface area contributed by atoms with E-state index in [0.717, 1.165) is 51.4 Å². The molecule has 0 bridgehead atoms. The van der Waals surface area contributed by atoms with Crippen molar-refractivity contribution in [3.63, 3.8) is 0 Å². The third kappa shape index (κ3) is 39.1. The Morgan fingerprint density at radius 1 is 0.392 bits per heavy atom. The number of hydrogen-bond acceptors (Lipinski definition) is 8. The van der Waals surface area contributed by atoms with E-state index in [9.17, 15) is 0 Å². The zero-order chi connectivity index (χ0) is 38.6. The van der Waals surface area contributed by atoms with Crippen molar-refractivity contribution in [3.05, 3.63) is 0 Å². The summed E-state index contributed by atoms with van der Waals surface area (Å²) in [6.07, 6.45) is 23.5. The predicted octanol–water partition coefficient (Wildman–Crippen LogP) is 15.6. The molecule has 51 heavy (non-hydrogen) atoms. The standard InChI is InChI=1S/2C20H43O2PS2.Zn/c2*1-7-9-11-13-19(15-17(3)4)21-23(24,25)22-20(16-18(5)6)14-12-10-8-2;/h2*17-20H,7-16H2,1-6H3,(H,24,25);/q;;+2/p-2. The molecule has 4 atom stereocenters. The fourth-order valence-corrected chi connectivity index (χ4v) is 11.5. The Hall–Kier alpha value is 2.46. The van der Waals surface area contributed by atoms with Crippen molar-refractivity contribution in [2.45, 2.75) is 236 Å². The van der Waals surface area contributed by atoms with Gasteiger partial charge in [-0.1, -0.05) is 184 Å². The Labute approximate surface area is 354 Å². The van der Waals surface area contributed by atoms with Gasteiger partial charge in [0.05, 0.1) is 35.8 Å². The van der Waals surface area contributed by atoms with E-state index in [1.54, 1.807) is 0 Å². The van der Waals surface area contributed by atoms with E-state index in [2.05, 4.69) is 83.1 Å². The normalized spacial score (nSPS) is 16.7. The minimum atomic E-state index is -2.60. The summed E-state index contributed by atoms with van der Waals surface area (Å²) in [5.74, 6) is 2.36. The first kappa shape index (κ1) is 57.8. The van der Waals surface area contributed by atoms with Crippen LogP contribution in [0.3, 0.4) is 0 Å². The van der Waals surface area contributed by atoms with Crippen LogP contribution in [-0.2, 0) is 85.7 Å². The van der Waals surface area contributed by atoms with Gasteiger partial charge in [-0.15, -0.1) is 0 Å². The molecule has 0 amide bonds. The molecule has 0 saturated carbocycles. The summed E-state index contributed by atoms with van der Waals surface area (Å²) in [4.78, 5) is 0. The Bertz CT molecular complexity index is 738. The van der Waals surface area contributed by atoms with E-state index < -0.39 is 11.4 Å². The largest absolute Gasteiger partial charge is 2.00 e. The van der Waals surface area contributed by atoms with Crippen LogP contribution in [0.4, 0.5) is 0 Å². The maximum Gasteiger partial charge on any atom is 2.00 e. The van der Waals surface area contributed by atoms with Gasteiger partial charge >= 0.3 is 19.5 Å². The van der Waals surface area contributed by atoms with Crippen molar-refractivity contribution in [2.75, 3.05) is 0 Å². The molecule has 304 valence electrons. The van der Waals surface area contributed by atoms with Crippen molar-refractivity contribution in [1.82, 2.24) is 0 Å². The van der Waals surface area contributed by atoms with Gasteiger partial charge in [0.1, 0.15) is 0 Å². The van der Waals surface area contributed by atoms with E-state index in [0.29, 0.717) is 23.7 Å². The van der Waals surface area contributed by atoms with Gasteiger partial charge in [0.15, 0.2) is 0 Å². The number of hydrogen-bond donors (Lipinski definition) is 0. The molecule has 0 spiro atoms. The molecule has 0 N–H and O–H groups in total. The molecule has 4 unspecified atom stereocenters. The molecule has 0 aromatic heterocycles. The first-order valence-corrected chi connectivity index (χ1v) is 28.1. The third-order valence-corrected chi connectivity index (χ3v) is 12.9. The van der Waals surface area contributed by atoms with Crippen molar-refractivity contribution in [1.29, 1.82) is 0 Å². The monoisotopic (exact) mass is 882 g/mol. The first-order valence-electron chi connectivity index (χ1n) is 20.7. The molecule has 0 aliphatic carbocycles. The molecule has 0 fully saturated rings. The van der Waals surface area contributed by atoms with Crippen molar-refractivity contribution in [3.8, 4) is 0 Å². The topological polar surface area (TPSA) is 36.9 Å². The Morgan fingerprint density at radius 2 is 0.569 bits per heavy atom. The second-order valence-corrected chi connectivity index (χ2v) is 26.1. The molecule has 0 aliphatic heterocycles. The Balaban J connectivity index is -0.000000886. The predicted molar refractivity (Wildman–Crippen MR) is 237 cm³/mol. The zero-order valence-corrected chi connectivity index (χ0v) is 43.7. The molecule has 0 heterocycles. The second kappa shape index (κ2) is 35.6. The van der Waals surface area contributed by atoms with Crippen LogP contribution < -0.4 is 0 Å². The van der Waals surface area contributed by atoms with Crippen LogP contribution in [0.5, 0.6) is 0 Å². The maximum absolute atomic E-state index is 6.23. The molecule has 11 heteroatoms. The van der Waals surface area contributed by atoms with Crippen molar-refractivity contribution >= 4 is 59.5 Å². The minimum Gasteiger partial charge on any atom is -0.691 e. The van der Waals surface area contributed by atoms with Gasteiger partial charge < -0.3 is 42.6 Å². The van der Waals surface area contributed by atoms with Crippen LogP contribution in [0.15, 0.2) is 0 Å². The van der Waals surface area contributed by atoms with E-state index in [4.69, 9.17) is 66.2 Å². The summed E-state index contributed by atoms with van der Waals surface area (Å²) >= 11 is 22.6. The zero-order valence-electron chi connectivity index (χ0n) is 35.6. The summed E-state index contributed by atoms with van der Waals surface area (Å²) in [6, 6.07) is 0. The van der Waals surface area contributed by atoms with Crippen molar-refractivity contribution in [2.24, 2.45) is 23.7 Å². The molecule has 0 rings (SSSR count). The summed E-state index contributed by atoms with van der Waals surface area (Å²) in [5, 5.41) is 0. The average Bonchev–Trinajstić information content (AvgIpc) is 2.95. The molecule has 0 radical (unpaired) electrons. The average molecular weight is 885 g/mol. The van der Waals surface area contributed by atoms with E-state index >= 15 is 0 Å². The van der Waals surface area contributed by atoms with Gasteiger partial charge in [0.25, 0.3) is 0 Å². The van der Waals surface area contributed by atoms with Crippen LogP contribution in [0.1, 0.15) is 212 Å². The van der Waals surface area contributed by atoms with Crippen LogP contribution in [-0.4, -0.2) is 24.4 Å². The van der Waals surface area contributed by atoms with Gasteiger partial charge in [-0.2, -0.15) is 0 Å². The summed E-state index contributed by atoms with van der Waals surface area (Å²) in [5.41, 5.74) is -5.20. The fourth-order valence-electron chi connectivity index (χ4n) is 6.23. The first-order chi connectivity index (χ1) is 23.4. The fraction of sp³-hybridized carbons (Fsp3) is 1.00. The summed E-state index contributed by atoms with van der Waals surface area (Å²) in [7, 11) is 0. The molecular weight excluding hydrogens is 800 g/mol. The van der Waals surface area contributed by atoms with E-state index in [1.807, 2.05) is 0 Å². The molecule has 0 aromatic carbocycles. The van der Waals surface area contributed by atoms with Gasteiger partial charge in [-0.05, 0) is 75.0 Å². The third-order valence-electron chi connectivity index (χ3n) is 8.57. The Morgan fingerprint density at radius 3 is 0.706 bits per heavy atom. The maximum atomic E-state index is 6.23. The molecule has 0 saturated heterocycles. The van der Waals surface area contributed by atoms with Crippen LogP contribution in [0, 0.1) is 23.7 Å². The minimum absolute atomic E-state index is 0. The Kier molecular flexibility index (Phi) is 40.4. The summed E-state index contributed by atoms with van der Waals surface area (Å²) < 4.78 is 24.9. The molecular formula is C40H84O4P2S4Zn. The van der Waals surface area contributed by atoms with Crippen molar-refractivity contribution < 1.29 is 37.6 Å². The van der Waals surface area contributed by atoms with E-state index in [1.165, 1.54) is 77.0 Å². The van der Waals surface area contributed by atoms with Gasteiger partial charge in [0, 0.05) is 0 Å². The quantitative estimate of drug-likeness (QED) is 0.0286. The van der Waals surface area contributed by atoms with Crippen LogP contribution >= 0.6 is 11.4 Å². The smallest absolute Gasteiger partial charge is 0.691 e. The second-order valence-electron chi connectivity index (χ2n) is 16.3. The molecule has 0 aliphatic rings. The SMILES string of the molecule is CCCCCC(CC(C)C)OP(=S)([S-])OC(CCCCC)CC(C)C.CCCCCC(CC(C)C)OP(=S)([S-])OC(CCCCC)CC(C)C.[Zn+2]. The van der Waals surface area contributed by atoms with Gasteiger partial charge in [-0.3, -0.25) is 0 Å². The number of rotatable bonds is 32. The molecule has 0 aromatic rings. The molecule has 4 nitrogen and oxygen atoms in total. The van der Waals surface area contributed by atoms with Gasteiger partial charge in [-0.25, -0.2) is 0 Å². The van der Waals surface area contributed by atoms with Crippen LogP contribution in [0.25, 0.3) is 0 Å².